The number of carboxylic acid groups (broad SMARTS) is 1. The lowest BCUT2D eigenvalue weighted by atomic mass is 10.3. The Morgan fingerprint density at radius 2 is 2.06 bits per heavy atom. The molecule has 0 bridgehead atoms. The summed E-state index contributed by atoms with van der Waals surface area (Å²) in [6.45, 7) is 3.38. The van der Waals surface area contributed by atoms with Gasteiger partial charge in [-0.3, -0.25) is 4.79 Å². The Balaban J connectivity index is 2.13. The van der Waals surface area contributed by atoms with E-state index in [0.29, 0.717) is 5.76 Å². The van der Waals surface area contributed by atoms with Gasteiger partial charge in [0.05, 0.1) is 5.56 Å². The molecule has 6 nitrogen and oxygen atoms in total. The Morgan fingerprint density at radius 3 is 2.56 bits per heavy atom. The number of hydrogen-bond donors (Lipinski definition) is 2. The summed E-state index contributed by atoms with van der Waals surface area (Å²) in [7, 11) is 0. The summed E-state index contributed by atoms with van der Waals surface area (Å²) >= 11 is 0. The highest BCUT2D eigenvalue weighted by Crippen LogP contribution is 2.20. The van der Waals surface area contributed by atoms with Gasteiger partial charge in [0.2, 0.25) is 5.95 Å². The standard InChI is InChI=1S/C12H13N3O3/c1-7-3-4-10(18-7)9-5-13-12(14-6-9)15-8(2)11(16)17/h3-6,8H,1-2H3,(H,16,17)(H,13,14,15). The van der Waals surface area contributed by atoms with Crippen molar-refractivity contribution < 1.29 is 14.3 Å². The zero-order valence-corrected chi connectivity index (χ0v) is 10.0. The van der Waals surface area contributed by atoms with Crippen LogP contribution < -0.4 is 5.32 Å². The molecule has 0 aliphatic carbocycles. The predicted molar refractivity (Wildman–Crippen MR) is 65.2 cm³/mol. The maximum Gasteiger partial charge on any atom is 0.325 e. The number of nitrogens with zero attached hydrogens (tertiary/aromatic N) is 2. The fraction of sp³-hybridized carbons (Fsp3) is 0.250. The molecule has 0 aliphatic rings. The number of hydrogen-bond acceptors (Lipinski definition) is 5. The van der Waals surface area contributed by atoms with Crippen molar-refractivity contribution in [2.45, 2.75) is 19.9 Å². The van der Waals surface area contributed by atoms with E-state index in [2.05, 4.69) is 15.3 Å². The van der Waals surface area contributed by atoms with E-state index in [0.717, 1.165) is 11.3 Å². The average Bonchev–Trinajstić information content (AvgIpc) is 2.76. The van der Waals surface area contributed by atoms with Crippen LogP contribution >= 0.6 is 0 Å². The van der Waals surface area contributed by atoms with E-state index >= 15 is 0 Å². The largest absolute Gasteiger partial charge is 0.480 e. The van der Waals surface area contributed by atoms with Crippen LogP contribution in [-0.4, -0.2) is 27.1 Å². The van der Waals surface area contributed by atoms with Gasteiger partial charge in [0.1, 0.15) is 17.6 Å². The second-order valence-electron chi connectivity index (χ2n) is 3.91. The molecular formula is C12H13N3O3. The number of anilines is 1. The molecule has 0 saturated carbocycles. The van der Waals surface area contributed by atoms with Gasteiger partial charge in [0, 0.05) is 12.4 Å². The number of aliphatic carboxylic acids is 1. The summed E-state index contributed by atoms with van der Waals surface area (Å²) in [6.07, 6.45) is 3.17. The van der Waals surface area contributed by atoms with Gasteiger partial charge in [-0.25, -0.2) is 9.97 Å². The first-order valence-corrected chi connectivity index (χ1v) is 5.44. The molecule has 1 unspecified atom stereocenters. The fourth-order valence-corrected chi connectivity index (χ4v) is 1.37. The Labute approximate surface area is 104 Å². The maximum atomic E-state index is 10.7. The van der Waals surface area contributed by atoms with Gasteiger partial charge in [-0.05, 0) is 26.0 Å². The summed E-state index contributed by atoms with van der Waals surface area (Å²) in [5, 5.41) is 11.4. The lowest BCUT2D eigenvalue weighted by Crippen LogP contribution is -2.26. The maximum absolute atomic E-state index is 10.7. The number of carboxylic acids is 1. The molecule has 2 aromatic heterocycles. The van der Waals surface area contributed by atoms with Crippen molar-refractivity contribution in [3.05, 3.63) is 30.3 Å². The summed E-state index contributed by atoms with van der Waals surface area (Å²) in [6, 6.07) is 2.95. The zero-order valence-electron chi connectivity index (χ0n) is 10.0. The van der Waals surface area contributed by atoms with E-state index in [1.165, 1.54) is 6.92 Å². The minimum atomic E-state index is -0.954. The topological polar surface area (TPSA) is 88.2 Å². The molecule has 6 heteroatoms. The first-order chi connectivity index (χ1) is 8.56. The SMILES string of the molecule is Cc1ccc(-c2cnc(NC(C)C(=O)O)nc2)o1. The minimum absolute atomic E-state index is 0.275. The summed E-state index contributed by atoms with van der Waals surface area (Å²) in [5.74, 6) is 0.818. The minimum Gasteiger partial charge on any atom is -0.480 e. The Bertz CT molecular complexity index is 548. The predicted octanol–water partition coefficient (Wildman–Crippen LogP) is 1.93. The van der Waals surface area contributed by atoms with E-state index in [-0.39, 0.29) is 5.95 Å². The highest BCUT2D eigenvalue weighted by atomic mass is 16.4. The van der Waals surface area contributed by atoms with Crippen LogP contribution in [0.3, 0.4) is 0 Å². The van der Waals surface area contributed by atoms with Crippen molar-refractivity contribution in [1.82, 2.24) is 9.97 Å². The average molecular weight is 247 g/mol. The number of furan rings is 1. The van der Waals surface area contributed by atoms with Crippen molar-refractivity contribution in [1.29, 1.82) is 0 Å². The number of rotatable bonds is 4. The van der Waals surface area contributed by atoms with E-state index < -0.39 is 12.0 Å². The molecule has 0 aliphatic heterocycles. The van der Waals surface area contributed by atoms with Crippen molar-refractivity contribution in [3.8, 4) is 11.3 Å². The molecule has 2 N–H and O–H groups in total. The molecule has 0 radical (unpaired) electrons. The third-order valence-electron chi connectivity index (χ3n) is 2.39. The first kappa shape index (κ1) is 12.1. The van der Waals surface area contributed by atoms with Crippen LogP contribution in [0.25, 0.3) is 11.3 Å². The van der Waals surface area contributed by atoms with Crippen molar-refractivity contribution in [3.63, 3.8) is 0 Å². The molecule has 0 spiro atoms. The number of nitrogens with one attached hydrogen (secondary N) is 1. The van der Waals surface area contributed by atoms with Crippen molar-refractivity contribution in [2.24, 2.45) is 0 Å². The van der Waals surface area contributed by atoms with Crippen LogP contribution in [0.15, 0.2) is 28.9 Å². The third-order valence-corrected chi connectivity index (χ3v) is 2.39. The monoisotopic (exact) mass is 247 g/mol. The molecule has 0 saturated heterocycles. The molecule has 2 rings (SSSR count). The van der Waals surface area contributed by atoms with Gasteiger partial charge >= 0.3 is 5.97 Å². The van der Waals surface area contributed by atoms with E-state index in [4.69, 9.17) is 9.52 Å². The summed E-state index contributed by atoms with van der Waals surface area (Å²) in [5.41, 5.74) is 0.747. The van der Waals surface area contributed by atoms with Gasteiger partial charge in [-0.15, -0.1) is 0 Å². The zero-order chi connectivity index (χ0) is 13.1. The van der Waals surface area contributed by atoms with Gasteiger partial charge in [-0.2, -0.15) is 0 Å². The highest BCUT2D eigenvalue weighted by molar-refractivity contribution is 5.75. The highest BCUT2D eigenvalue weighted by Gasteiger charge is 2.11. The van der Waals surface area contributed by atoms with Crippen LogP contribution in [0.5, 0.6) is 0 Å². The summed E-state index contributed by atoms with van der Waals surface area (Å²) < 4.78 is 5.43. The number of aromatic nitrogens is 2. The second kappa shape index (κ2) is 4.87. The lowest BCUT2D eigenvalue weighted by Gasteiger charge is -2.08. The van der Waals surface area contributed by atoms with Crippen molar-refractivity contribution >= 4 is 11.9 Å². The molecular weight excluding hydrogens is 234 g/mol. The van der Waals surface area contributed by atoms with Gasteiger partial charge < -0.3 is 14.8 Å². The van der Waals surface area contributed by atoms with E-state index in [1.54, 1.807) is 12.4 Å². The summed E-state index contributed by atoms with van der Waals surface area (Å²) in [4.78, 5) is 18.7. The van der Waals surface area contributed by atoms with Crippen LogP contribution in [0.1, 0.15) is 12.7 Å². The van der Waals surface area contributed by atoms with Crippen LogP contribution in [0.4, 0.5) is 5.95 Å². The number of aryl methyl sites for hydroxylation is 1. The van der Waals surface area contributed by atoms with E-state index in [1.807, 2.05) is 19.1 Å². The first-order valence-electron chi connectivity index (χ1n) is 5.44. The smallest absolute Gasteiger partial charge is 0.325 e. The molecule has 18 heavy (non-hydrogen) atoms. The van der Waals surface area contributed by atoms with Crippen LogP contribution in [0.2, 0.25) is 0 Å². The molecule has 1 atom stereocenters. The Kier molecular flexibility index (Phi) is 3.27. The van der Waals surface area contributed by atoms with Gasteiger partial charge in [0.25, 0.3) is 0 Å². The molecule has 0 aromatic carbocycles. The van der Waals surface area contributed by atoms with Gasteiger partial charge in [0.15, 0.2) is 0 Å². The Hall–Kier alpha value is -2.37. The normalized spacial score (nSPS) is 12.1. The van der Waals surface area contributed by atoms with Crippen molar-refractivity contribution in [2.75, 3.05) is 5.32 Å². The van der Waals surface area contributed by atoms with Crippen LogP contribution in [0, 0.1) is 6.92 Å². The Morgan fingerprint density at radius 1 is 1.39 bits per heavy atom. The molecule has 2 heterocycles. The quantitative estimate of drug-likeness (QED) is 0.858. The molecule has 2 aromatic rings. The molecule has 94 valence electrons. The lowest BCUT2D eigenvalue weighted by molar-refractivity contribution is -0.137. The second-order valence-corrected chi connectivity index (χ2v) is 3.91. The van der Waals surface area contributed by atoms with Gasteiger partial charge in [-0.1, -0.05) is 0 Å². The molecule has 0 amide bonds. The fourth-order valence-electron chi connectivity index (χ4n) is 1.37. The third kappa shape index (κ3) is 2.65. The van der Waals surface area contributed by atoms with Crippen LogP contribution in [-0.2, 0) is 4.79 Å². The molecule has 0 fully saturated rings. The number of carbonyl (C=O) groups is 1. The van der Waals surface area contributed by atoms with E-state index in [9.17, 15) is 4.79 Å².